The first kappa shape index (κ1) is 36.9. The quantitative estimate of drug-likeness (QED) is 0.116. The molecule has 3 heteroatoms. The van der Waals surface area contributed by atoms with Gasteiger partial charge >= 0.3 is 0 Å². The minimum atomic E-state index is -0.0644. The highest BCUT2D eigenvalue weighted by Crippen LogP contribution is 2.47. The second kappa shape index (κ2) is 15.6. The molecule has 0 spiro atoms. The summed E-state index contributed by atoms with van der Waals surface area (Å²) in [6.07, 6.45) is 10.4. The molecule has 278 valence electrons. The zero-order chi connectivity index (χ0) is 38.1. The third kappa shape index (κ3) is 7.15. The lowest BCUT2D eigenvalue weighted by Gasteiger charge is -2.42. The predicted molar refractivity (Wildman–Crippen MR) is 238 cm³/mol. The van der Waals surface area contributed by atoms with Crippen molar-refractivity contribution in [1.82, 2.24) is 0 Å². The third-order valence-corrected chi connectivity index (χ3v) is 11.8. The highest BCUT2D eigenvalue weighted by Gasteiger charge is 2.43. The van der Waals surface area contributed by atoms with E-state index in [1.54, 1.807) is 0 Å². The van der Waals surface area contributed by atoms with Crippen molar-refractivity contribution in [3.8, 4) is 33.8 Å². The van der Waals surface area contributed by atoms with Gasteiger partial charge in [0.05, 0.1) is 5.69 Å². The Hall–Kier alpha value is -5.02. The highest BCUT2D eigenvalue weighted by molar-refractivity contribution is 6.99. The molecule has 2 aliphatic heterocycles. The standard InChI is InChI=1S/C52H56BNO/c1-7-10-19-36-30-41(20-11-8-2)51(42(31-36)21-12-9-3)54-46-28-26-39(37-22-15-13-16-23-37)32-44(46)53-45-33-40(38-24-17-14-18-25-38)27-29-48(45)55-49-35-43(52(4,5)6)34-47(54)50(49)53/h13-18,22-35H,7-12,19-21H2,1-6H3. The molecule has 0 radical (unpaired) electrons. The molecule has 0 saturated carbocycles. The molecule has 0 aromatic heterocycles. The summed E-state index contributed by atoms with van der Waals surface area (Å²) in [4.78, 5) is 2.68. The molecule has 55 heavy (non-hydrogen) atoms. The molecule has 0 saturated heterocycles. The van der Waals surface area contributed by atoms with Crippen LogP contribution in [-0.2, 0) is 24.7 Å². The number of hydrogen-bond donors (Lipinski definition) is 0. The monoisotopic (exact) mass is 721 g/mol. The third-order valence-electron chi connectivity index (χ3n) is 11.8. The van der Waals surface area contributed by atoms with E-state index < -0.39 is 0 Å². The lowest BCUT2D eigenvalue weighted by molar-refractivity contribution is 0.483. The summed E-state index contributed by atoms with van der Waals surface area (Å²) in [7, 11) is 0. The number of fused-ring (bicyclic) bond motifs is 4. The maximum Gasteiger partial charge on any atom is 0.256 e. The minimum absolute atomic E-state index is 0.0170. The van der Waals surface area contributed by atoms with Gasteiger partial charge in [-0.1, -0.05) is 158 Å². The number of rotatable bonds is 12. The molecule has 0 amide bonds. The van der Waals surface area contributed by atoms with Crippen LogP contribution in [0.5, 0.6) is 11.5 Å². The maximum absolute atomic E-state index is 7.09. The summed E-state index contributed by atoms with van der Waals surface area (Å²) in [6, 6.07) is 45.8. The molecule has 2 nitrogen and oxygen atoms in total. The summed E-state index contributed by atoms with van der Waals surface area (Å²) in [5, 5.41) is 0. The fraction of sp³-hybridized carbons (Fsp3) is 0.308. The second-order valence-electron chi connectivity index (χ2n) is 16.9. The average Bonchev–Trinajstić information content (AvgIpc) is 3.21. The topological polar surface area (TPSA) is 12.5 Å². The van der Waals surface area contributed by atoms with Gasteiger partial charge in [-0.05, 0) is 129 Å². The van der Waals surface area contributed by atoms with Crippen molar-refractivity contribution in [3.63, 3.8) is 0 Å². The van der Waals surface area contributed by atoms with Crippen molar-refractivity contribution in [2.24, 2.45) is 0 Å². The Morgan fingerprint density at radius 1 is 0.527 bits per heavy atom. The Balaban J connectivity index is 1.45. The molecule has 0 unspecified atom stereocenters. The molecular weight excluding hydrogens is 665 g/mol. The molecule has 0 bridgehead atoms. The van der Waals surface area contributed by atoms with Crippen molar-refractivity contribution in [1.29, 1.82) is 0 Å². The Morgan fingerprint density at radius 3 is 1.67 bits per heavy atom. The first-order chi connectivity index (χ1) is 26.8. The van der Waals surface area contributed by atoms with Crippen molar-refractivity contribution >= 4 is 40.2 Å². The Morgan fingerprint density at radius 2 is 1.09 bits per heavy atom. The number of anilines is 3. The largest absolute Gasteiger partial charge is 0.458 e. The Labute approximate surface area is 330 Å². The van der Waals surface area contributed by atoms with E-state index >= 15 is 0 Å². The molecule has 6 aromatic carbocycles. The van der Waals surface area contributed by atoms with Crippen LogP contribution in [0, 0.1) is 0 Å². The van der Waals surface area contributed by atoms with Gasteiger partial charge in [0.15, 0.2) is 0 Å². The van der Waals surface area contributed by atoms with Gasteiger partial charge < -0.3 is 9.64 Å². The molecule has 0 fully saturated rings. The lowest BCUT2D eigenvalue weighted by Crippen LogP contribution is -2.59. The predicted octanol–water partition coefficient (Wildman–Crippen LogP) is 12.8. The van der Waals surface area contributed by atoms with E-state index in [2.05, 4.69) is 168 Å². The van der Waals surface area contributed by atoms with Gasteiger partial charge in [0.1, 0.15) is 11.5 Å². The van der Waals surface area contributed by atoms with Gasteiger partial charge in [-0.15, -0.1) is 0 Å². The SMILES string of the molecule is CCCCc1cc(CCCC)c(N2c3ccc(-c4ccccc4)cc3B3c4cc(-c5ccccc5)ccc4Oc4cc(C(C)(C)C)cc2c43)c(CCCC)c1. The van der Waals surface area contributed by atoms with Gasteiger partial charge in [0.25, 0.3) is 6.71 Å². The molecule has 2 aliphatic rings. The van der Waals surface area contributed by atoms with Gasteiger partial charge in [-0.25, -0.2) is 0 Å². The molecule has 2 heterocycles. The number of unbranched alkanes of at least 4 members (excludes halogenated alkanes) is 3. The number of aryl methyl sites for hydroxylation is 3. The van der Waals surface area contributed by atoms with Crippen LogP contribution < -0.4 is 26.0 Å². The van der Waals surface area contributed by atoms with Crippen molar-refractivity contribution in [2.75, 3.05) is 4.90 Å². The van der Waals surface area contributed by atoms with E-state index in [9.17, 15) is 0 Å². The molecule has 0 atom stereocenters. The smallest absolute Gasteiger partial charge is 0.256 e. The normalized spacial score (nSPS) is 12.9. The average molecular weight is 722 g/mol. The zero-order valence-corrected chi connectivity index (χ0v) is 33.8. The summed E-state index contributed by atoms with van der Waals surface area (Å²) >= 11 is 0. The fourth-order valence-corrected chi connectivity index (χ4v) is 8.81. The van der Waals surface area contributed by atoms with Gasteiger partial charge in [0.2, 0.25) is 0 Å². The molecule has 6 aromatic rings. The summed E-state index contributed by atoms with van der Waals surface area (Å²) in [5.41, 5.74) is 18.4. The second-order valence-corrected chi connectivity index (χ2v) is 16.9. The fourth-order valence-electron chi connectivity index (χ4n) is 8.81. The van der Waals surface area contributed by atoms with Crippen LogP contribution in [0.4, 0.5) is 17.1 Å². The van der Waals surface area contributed by atoms with Crippen LogP contribution in [0.1, 0.15) is 102 Å². The molecule has 0 aliphatic carbocycles. The maximum atomic E-state index is 7.09. The van der Waals surface area contributed by atoms with Crippen LogP contribution >= 0.6 is 0 Å². The van der Waals surface area contributed by atoms with Gasteiger partial charge in [-0.2, -0.15) is 0 Å². The van der Waals surface area contributed by atoms with E-state index in [4.69, 9.17) is 4.74 Å². The number of benzene rings is 6. The van der Waals surface area contributed by atoms with Crippen LogP contribution in [-0.4, -0.2) is 6.71 Å². The van der Waals surface area contributed by atoms with E-state index in [0.717, 1.165) is 30.8 Å². The number of hydrogen-bond acceptors (Lipinski definition) is 2. The van der Waals surface area contributed by atoms with E-state index in [1.807, 2.05) is 0 Å². The van der Waals surface area contributed by atoms with Crippen LogP contribution in [0.15, 0.2) is 121 Å². The lowest BCUT2D eigenvalue weighted by atomic mass is 9.34. The number of nitrogens with zero attached hydrogens (tertiary/aromatic N) is 1. The summed E-state index contributed by atoms with van der Waals surface area (Å²) in [6.45, 7) is 14.0. The van der Waals surface area contributed by atoms with E-state index in [0.29, 0.717) is 0 Å². The minimum Gasteiger partial charge on any atom is -0.458 e. The van der Waals surface area contributed by atoms with Crippen LogP contribution in [0.3, 0.4) is 0 Å². The first-order valence-corrected chi connectivity index (χ1v) is 21.0. The van der Waals surface area contributed by atoms with Crippen molar-refractivity contribution in [2.45, 2.75) is 105 Å². The highest BCUT2D eigenvalue weighted by atomic mass is 16.5. The van der Waals surface area contributed by atoms with Crippen molar-refractivity contribution < 1.29 is 4.74 Å². The Bertz CT molecular complexity index is 2270. The van der Waals surface area contributed by atoms with E-state index in [-0.39, 0.29) is 12.1 Å². The van der Waals surface area contributed by atoms with Crippen molar-refractivity contribution in [3.05, 3.63) is 144 Å². The molecule has 0 N–H and O–H groups in total. The zero-order valence-electron chi connectivity index (χ0n) is 33.8. The first-order valence-electron chi connectivity index (χ1n) is 21.0. The van der Waals surface area contributed by atoms with Gasteiger partial charge in [-0.3, -0.25) is 0 Å². The molecular formula is C52H56BNO. The van der Waals surface area contributed by atoms with Gasteiger partial charge in [0, 0.05) is 11.4 Å². The van der Waals surface area contributed by atoms with E-state index in [1.165, 1.54) is 116 Å². The summed E-state index contributed by atoms with van der Waals surface area (Å²) in [5.74, 6) is 1.93. The number of ether oxygens (including phenoxy) is 1. The van der Waals surface area contributed by atoms with Crippen LogP contribution in [0.2, 0.25) is 0 Å². The Kier molecular flexibility index (Phi) is 10.5. The van der Waals surface area contributed by atoms with Crippen LogP contribution in [0.25, 0.3) is 22.3 Å². The summed E-state index contributed by atoms with van der Waals surface area (Å²) < 4.78 is 7.09. The molecule has 8 rings (SSSR count).